The molecular weight excluding hydrogens is 308 g/mol. The molecule has 0 saturated carbocycles. The van der Waals surface area contributed by atoms with Gasteiger partial charge in [0.05, 0.1) is 22.3 Å². The lowest BCUT2D eigenvalue weighted by Gasteiger charge is -2.25. The van der Waals surface area contributed by atoms with E-state index in [-0.39, 0.29) is 21.6 Å². The summed E-state index contributed by atoms with van der Waals surface area (Å²) in [5, 5.41) is 26.3. The molecule has 0 aliphatic carbocycles. The number of rotatable bonds is 8. The van der Waals surface area contributed by atoms with Gasteiger partial charge in [-0.2, -0.15) is 0 Å². The quantitative estimate of drug-likeness (QED) is 0.307. The molecule has 0 fully saturated rings. The minimum atomic E-state index is -0.613. The third-order valence-corrected chi connectivity index (χ3v) is 3.23. The summed E-state index contributed by atoms with van der Waals surface area (Å²) in [6.45, 7) is 4.98. The first kappa shape index (κ1) is 16.9. The van der Waals surface area contributed by atoms with Crippen molar-refractivity contribution in [1.29, 1.82) is 0 Å². The molecule has 10 heteroatoms. The molecule has 126 valence electrons. The molecule has 23 heavy (non-hydrogen) atoms. The molecule has 10 nitrogen and oxygen atoms in total. The number of hydrogen-bond acceptors (Lipinski definition) is 8. The number of aromatic nitrogens is 2. The van der Waals surface area contributed by atoms with Crippen molar-refractivity contribution in [3.05, 3.63) is 27.5 Å². The number of fused-ring (bicyclic) bond motifs is 1. The van der Waals surface area contributed by atoms with Gasteiger partial charge in [0.1, 0.15) is 0 Å². The molecule has 0 unspecified atom stereocenters. The van der Waals surface area contributed by atoms with Crippen molar-refractivity contribution in [3.63, 3.8) is 0 Å². The lowest BCUT2D eigenvalue weighted by molar-refractivity contribution is -0.782. The van der Waals surface area contributed by atoms with Gasteiger partial charge in [-0.15, -0.1) is 0 Å². The predicted octanol–water partition coefficient (Wildman–Crippen LogP) is 1.20. The second kappa shape index (κ2) is 7.20. The Balaban J connectivity index is 2.37. The Morgan fingerprint density at radius 1 is 1.39 bits per heavy atom. The van der Waals surface area contributed by atoms with E-state index in [9.17, 15) is 15.3 Å². The Bertz CT molecular complexity index is 682. The van der Waals surface area contributed by atoms with Crippen LogP contribution < -0.4 is 9.80 Å². The summed E-state index contributed by atoms with van der Waals surface area (Å²) in [7, 11) is 1.72. The SMILES string of the molecule is CCOC(CN(C)c1ccc([N+](=O)[O-])c2no[n+]([O-])c12)OCC. The van der Waals surface area contributed by atoms with Gasteiger partial charge in [0.25, 0.3) is 5.52 Å². The van der Waals surface area contributed by atoms with Crippen LogP contribution in [-0.4, -0.2) is 43.2 Å². The number of nitrogens with zero attached hydrogens (tertiary/aromatic N) is 4. The molecule has 0 saturated heterocycles. The van der Waals surface area contributed by atoms with E-state index in [1.54, 1.807) is 11.9 Å². The summed E-state index contributed by atoms with van der Waals surface area (Å²) < 4.78 is 15.4. The first-order valence-electron chi connectivity index (χ1n) is 7.10. The van der Waals surface area contributed by atoms with Gasteiger partial charge in [-0.05, 0) is 24.8 Å². The Hall–Kier alpha value is -2.46. The van der Waals surface area contributed by atoms with Gasteiger partial charge in [-0.3, -0.25) is 14.7 Å². The molecule has 0 spiro atoms. The summed E-state index contributed by atoms with van der Waals surface area (Å²) in [6, 6.07) is 2.76. The number of ether oxygens (including phenoxy) is 2. The van der Waals surface area contributed by atoms with E-state index in [4.69, 9.17) is 9.47 Å². The van der Waals surface area contributed by atoms with Crippen LogP contribution in [0.25, 0.3) is 11.0 Å². The Morgan fingerprint density at radius 3 is 2.61 bits per heavy atom. The number of benzene rings is 1. The molecule has 1 heterocycles. The summed E-state index contributed by atoms with van der Waals surface area (Å²) >= 11 is 0. The lowest BCUT2D eigenvalue weighted by atomic mass is 10.2. The number of nitro benzene ring substituents is 1. The fourth-order valence-electron chi connectivity index (χ4n) is 2.25. The largest absolute Gasteiger partial charge is 0.366 e. The van der Waals surface area contributed by atoms with E-state index in [0.717, 1.165) is 0 Å². The molecular formula is C13H18N4O6. The zero-order chi connectivity index (χ0) is 17.0. The fraction of sp³-hybridized carbons (Fsp3) is 0.538. The normalized spacial score (nSPS) is 11.3. The Kier molecular flexibility index (Phi) is 5.29. The highest BCUT2D eigenvalue weighted by atomic mass is 16.8. The predicted molar refractivity (Wildman–Crippen MR) is 79.9 cm³/mol. The second-order valence-corrected chi connectivity index (χ2v) is 4.71. The first-order valence-corrected chi connectivity index (χ1v) is 7.10. The molecule has 0 radical (unpaired) electrons. The Labute approximate surface area is 131 Å². The smallest absolute Gasteiger partial charge is 0.327 e. The maximum atomic E-state index is 11.8. The first-order chi connectivity index (χ1) is 11.0. The van der Waals surface area contributed by atoms with Crippen LogP contribution in [0.15, 0.2) is 16.8 Å². The van der Waals surface area contributed by atoms with Crippen molar-refractivity contribution in [2.24, 2.45) is 0 Å². The van der Waals surface area contributed by atoms with Gasteiger partial charge in [0.2, 0.25) is 0 Å². The van der Waals surface area contributed by atoms with E-state index in [1.165, 1.54) is 12.1 Å². The summed E-state index contributed by atoms with van der Waals surface area (Å²) in [4.78, 5) is 12.3. The average molecular weight is 326 g/mol. The van der Waals surface area contributed by atoms with Crippen LogP contribution in [0, 0.1) is 15.3 Å². The third-order valence-electron chi connectivity index (χ3n) is 3.23. The number of nitro groups is 1. The summed E-state index contributed by atoms with van der Waals surface area (Å²) in [5.41, 5.74) is 0.0417. The van der Waals surface area contributed by atoms with Crippen LogP contribution >= 0.6 is 0 Å². The number of non-ortho nitro benzene ring substituents is 1. The lowest BCUT2D eigenvalue weighted by Crippen LogP contribution is -2.35. The van der Waals surface area contributed by atoms with Crippen LogP contribution in [0.3, 0.4) is 0 Å². The highest BCUT2D eigenvalue weighted by molar-refractivity contribution is 5.91. The summed E-state index contributed by atoms with van der Waals surface area (Å²) in [5.74, 6) is 0. The van der Waals surface area contributed by atoms with Crippen molar-refractivity contribution in [3.8, 4) is 0 Å². The molecule has 0 bridgehead atoms. The third kappa shape index (κ3) is 3.48. The van der Waals surface area contributed by atoms with Gasteiger partial charge in [-0.25, -0.2) is 0 Å². The van der Waals surface area contributed by atoms with Gasteiger partial charge < -0.3 is 19.6 Å². The maximum Gasteiger partial charge on any atom is 0.327 e. The van der Waals surface area contributed by atoms with Gasteiger partial charge in [-0.1, -0.05) is 0 Å². The highest BCUT2D eigenvalue weighted by Crippen LogP contribution is 2.29. The topological polar surface area (TPSA) is 118 Å². The van der Waals surface area contributed by atoms with E-state index in [1.807, 2.05) is 13.8 Å². The molecule has 0 N–H and O–H groups in total. The molecule has 1 aromatic carbocycles. The van der Waals surface area contributed by atoms with Crippen molar-refractivity contribution >= 4 is 22.4 Å². The van der Waals surface area contributed by atoms with Crippen LogP contribution in [-0.2, 0) is 9.47 Å². The number of hydrogen-bond donors (Lipinski definition) is 0. The van der Waals surface area contributed by atoms with Crippen molar-refractivity contribution in [2.45, 2.75) is 20.1 Å². The van der Waals surface area contributed by atoms with Crippen LogP contribution in [0.2, 0.25) is 0 Å². The van der Waals surface area contributed by atoms with Crippen molar-refractivity contribution in [1.82, 2.24) is 5.16 Å². The van der Waals surface area contributed by atoms with Gasteiger partial charge >= 0.3 is 11.2 Å². The van der Waals surface area contributed by atoms with E-state index >= 15 is 0 Å². The number of anilines is 1. The van der Waals surface area contributed by atoms with E-state index < -0.39 is 11.2 Å². The van der Waals surface area contributed by atoms with Crippen LogP contribution in [0.4, 0.5) is 11.4 Å². The molecule has 0 aliphatic rings. The van der Waals surface area contributed by atoms with Crippen molar-refractivity contribution < 1.29 is 23.9 Å². The molecule has 2 rings (SSSR count). The zero-order valence-corrected chi connectivity index (χ0v) is 13.1. The van der Waals surface area contributed by atoms with Crippen LogP contribution in [0.5, 0.6) is 0 Å². The minimum Gasteiger partial charge on any atom is -0.366 e. The molecule has 0 amide bonds. The maximum absolute atomic E-state index is 11.8. The van der Waals surface area contributed by atoms with E-state index in [2.05, 4.69) is 9.79 Å². The van der Waals surface area contributed by atoms with Gasteiger partial charge in [0.15, 0.2) is 6.29 Å². The van der Waals surface area contributed by atoms with Crippen molar-refractivity contribution in [2.75, 3.05) is 31.7 Å². The fourth-order valence-corrected chi connectivity index (χ4v) is 2.25. The summed E-state index contributed by atoms with van der Waals surface area (Å²) in [6.07, 6.45) is -0.486. The molecule has 0 aliphatic heterocycles. The number of likely N-dealkylation sites (N-methyl/N-ethyl adjacent to an activating group) is 1. The Morgan fingerprint density at radius 2 is 2.04 bits per heavy atom. The molecule has 0 atom stereocenters. The van der Waals surface area contributed by atoms with Crippen LogP contribution in [0.1, 0.15) is 13.8 Å². The molecule has 2 aromatic rings. The second-order valence-electron chi connectivity index (χ2n) is 4.71. The van der Waals surface area contributed by atoms with E-state index in [0.29, 0.717) is 25.4 Å². The van der Waals surface area contributed by atoms with Gasteiger partial charge in [0, 0.05) is 26.3 Å². The average Bonchev–Trinajstić information content (AvgIpc) is 2.89. The standard InChI is InChI=1S/C13H18N4O6/c1-4-21-11(22-5-2)8-15(3)10-7-6-9(16(18)19)12-13(10)17(20)23-14-12/h6-7,11H,4-5,8H2,1-3H3. The zero-order valence-electron chi connectivity index (χ0n) is 13.1. The monoisotopic (exact) mass is 326 g/mol. The highest BCUT2D eigenvalue weighted by Gasteiger charge is 2.28. The molecule has 1 aromatic heterocycles. The minimum absolute atomic E-state index is 0.00607.